The Bertz CT molecular complexity index is 431. The summed E-state index contributed by atoms with van der Waals surface area (Å²) < 4.78 is 0. The van der Waals surface area contributed by atoms with E-state index >= 15 is 0 Å². The number of hydrogen-bond acceptors (Lipinski definition) is 2. The summed E-state index contributed by atoms with van der Waals surface area (Å²) in [4.78, 5) is 25.2. The molecule has 0 radical (unpaired) electrons. The monoisotopic (exact) mass is 279 g/mol. The zero-order valence-electron chi connectivity index (χ0n) is 12.5. The molecule has 0 aliphatic heterocycles. The maximum atomic E-state index is 12.9. The van der Waals surface area contributed by atoms with Gasteiger partial charge in [0.2, 0.25) is 5.91 Å². The second-order valence-electron chi connectivity index (χ2n) is 7.92. The molecule has 0 aromatic rings. The van der Waals surface area contributed by atoms with Gasteiger partial charge in [-0.25, -0.2) is 0 Å². The molecule has 112 valence electrons. The van der Waals surface area contributed by atoms with Gasteiger partial charge in [-0.2, -0.15) is 0 Å². The lowest BCUT2D eigenvalue weighted by Crippen LogP contribution is -2.57. The molecule has 0 saturated heterocycles. The first-order valence-corrected chi connectivity index (χ1v) is 7.79. The van der Waals surface area contributed by atoms with E-state index in [1.54, 1.807) is 11.9 Å². The van der Waals surface area contributed by atoms with Crippen molar-refractivity contribution in [2.45, 2.75) is 51.9 Å². The quantitative estimate of drug-likeness (QED) is 0.860. The van der Waals surface area contributed by atoms with Gasteiger partial charge in [0.25, 0.3) is 0 Å². The maximum Gasteiger partial charge on any atom is 0.305 e. The standard InChI is InChI=1S/C16H25NO3/c1-15-6-11-5-12(7-15)9-16(8-11,10-15)14(20)17(2)4-3-13(18)19/h11-12H,3-10H2,1-2H3,(H,18,19). The second kappa shape index (κ2) is 4.47. The summed E-state index contributed by atoms with van der Waals surface area (Å²) >= 11 is 0. The lowest BCUT2D eigenvalue weighted by Gasteiger charge is -2.61. The van der Waals surface area contributed by atoms with E-state index in [2.05, 4.69) is 6.92 Å². The first-order chi connectivity index (χ1) is 9.32. The first kappa shape index (κ1) is 13.9. The molecule has 0 aromatic carbocycles. The lowest BCUT2D eigenvalue weighted by molar-refractivity contribution is -0.165. The predicted octanol–water partition coefficient (Wildman–Crippen LogP) is 2.53. The third-order valence-electron chi connectivity index (χ3n) is 5.82. The lowest BCUT2D eigenvalue weighted by atomic mass is 9.44. The van der Waals surface area contributed by atoms with Gasteiger partial charge < -0.3 is 10.0 Å². The smallest absolute Gasteiger partial charge is 0.305 e. The summed E-state index contributed by atoms with van der Waals surface area (Å²) in [7, 11) is 1.77. The van der Waals surface area contributed by atoms with Crippen molar-refractivity contribution in [1.82, 2.24) is 4.90 Å². The molecule has 2 unspecified atom stereocenters. The minimum absolute atomic E-state index is 0.0441. The van der Waals surface area contributed by atoms with Gasteiger partial charge in [0.1, 0.15) is 0 Å². The molecular weight excluding hydrogens is 254 g/mol. The van der Waals surface area contributed by atoms with Crippen LogP contribution in [0.5, 0.6) is 0 Å². The predicted molar refractivity (Wildman–Crippen MR) is 75.1 cm³/mol. The summed E-state index contributed by atoms with van der Waals surface area (Å²) in [6.45, 7) is 2.69. The van der Waals surface area contributed by atoms with Crippen LogP contribution in [0.15, 0.2) is 0 Å². The molecule has 4 nitrogen and oxygen atoms in total. The summed E-state index contributed by atoms with van der Waals surface area (Å²) in [6, 6.07) is 0. The molecule has 4 saturated carbocycles. The van der Waals surface area contributed by atoms with Crippen LogP contribution < -0.4 is 0 Å². The van der Waals surface area contributed by atoms with Crippen molar-refractivity contribution < 1.29 is 14.7 Å². The average Bonchev–Trinajstić information content (AvgIpc) is 2.31. The molecule has 0 heterocycles. The van der Waals surface area contributed by atoms with Crippen LogP contribution >= 0.6 is 0 Å². The Morgan fingerprint density at radius 3 is 2.30 bits per heavy atom. The molecule has 4 rings (SSSR count). The Morgan fingerprint density at radius 1 is 1.20 bits per heavy atom. The minimum Gasteiger partial charge on any atom is -0.481 e. The summed E-state index contributed by atoms with van der Waals surface area (Å²) in [6.07, 6.45) is 7.02. The van der Waals surface area contributed by atoms with E-state index in [4.69, 9.17) is 5.11 Å². The van der Waals surface area contributed by atoms with Crippen LogP contribution in [0.25, 0.3) is 0 Å². The van der Waals surface area contributed by atoms with E-state index in [1.165, 1.54) is 19.3 Å². The number of carbonyl (C=O) groups excluding carboxylic acids is 1. The zero-order valence-corrected chi connectivity index (χ0v) is 12.5. The van der Waals surface area contributed by atoms with Gasteiger partial charge in [-0.15, -0.1) is 0 Å². The number of hydrogen-bond donors (Lipinski definition) is 1. The third kappa shape index (κ3) is 2.23. The van der Waals surface area contributed by atoms with Crippen LogP contribution in [0.2, 0.25) is 0 Å². The van der Waals surface area contributed by atoms with Crippen molar-refractivity contribution >= 4 is 11.9 Å². The van der Waals surface area contributed by atoms with Crippen LogP contribution in [-0.4, -0.2) is 35.5 Å². The van der Waals surface area contributed by atoms with E-state index < -0.39 is 5.97 Å². The van der Waals surface area contributed by atoms with Crippen molar-refractivity contribution in [2.75, 3.05) is 13.6 Å². The van der Waals surface area contributed by atoms with Crippen LogP contribution in [0.1, 0.15) is 51.9 Å². The van der Waals surface area contributed by atoms with Gasteiger partial charge in [0.15, 0.2) is 0 Å². The molecular formula is C16H25NO3. The van der Waals surface area contributed by atoms with E-state index in [0.717, 1.165) is 31.1 Å². The van der Waals surface area contributed by atoms with Crippen molar-refractivity contribution in [3.8, 4) is 0 Å². The number of rotatable bonds is 4. The third-order valence-corrected chi connectivity index (χ3v) is 5.82. The molecule has 0 spiro atoms. The largest absolute Gasteiger partial charge is 0.481 e. The fourth-order valence-electron chi connectivity index (χ4n) is 5.74. The Morgan fingerprint density at radius 2 is 1.80 bits per heavy atom. The number of carboxylic acid groups (broad SMARTS) is 1. The Balaban J connectivity index is 1.75. The zero-order chi connectivity index (χ0) is 14.5. The van der Waals surface area contributed by atoms with Crippen molar-refractivity contribution in [1.29, 1.82) is 0 Å². The summed E-state index contributed by atoms with van der Waals surface area (Å²) in [5, 5.41) is 8.78. The molecule has 2 atom stereocenters. The maximum absolute atomic E-state index is 12.9. The number of carbonyl (C=O) groups is 2. The van der Waals surface area contributed by atoms with Crippen LogP contribution in [0, 0.1) is 22.7 Å². The first-order valence-electron chi connectivity index (χ1n) is 7.79. The van der Waals surface area contributed by atoms with Crippen LogP contribution in [0.4, 0.5) is 0 Å². The van der Waals surface area contributed by atoms with Crippen molar-refractivity contribution in [2.24, 2.45) is 22.7 Å². The molecule has 0 aromatic heterocycles. The van der Waals surface area contributed by atoms with Gasteiger partial charge >= 0.3 is 5.97 Å². The number of amides is 1. The molecule has 4 aliphatic rings. The Kier molecular flexibility index (Phi) is 3.11. The fraction of sp³-hybridized carbons (Fsp3) is 0.875. The molecule has 4 heteroatoms. The molecule has 4 fully saturated rings. The highest BCUT2D eigenvalue weighted by Crippen LogP contribution is 2.65. The van der Waals surface area contributed by atoms with Crippen molar-refractivity contribution in [3.63, 3.8) is 0 Å². The Hall–Kier alpha value is -1.06. The van der Waals surface area contributed by atoms with Gasteiger partial charge in [0.05, 0.1) is 11.8 Å². The SMILES string of the molecule is CN(CCC(=O)O)C(=O)C12CC3CC(CC(C)(C3)C1)C2. The summed E-state index contributed by atoms with van der Waals surface area (Å²) in [5.41, 5.74) is 0.180. The van der Waals surface area contributed by atoms with Crippen molar-refractivity contribution in [3.05, 3.63) is 0 Å². The molecule has 4 bridgehead atoms. The number of nitrogens with zero attached hydrogens (tertiary/aromatic N) is 1. The second-order valence-corrected chi connectivity index (χ2v) is 7.92. The van der Waals surface area contributed by atoms with Crippen LogP contribution in [-0.2, 0) is 9.59 Å². The van der Waals surface area contributed by atoms with Gasteiger partial charge in [-0.1, -0.05) is 6.92 Å². The number of carboxylic acids is 1. The van der Waals surface area contributed by atoms with E-state index in [1.807, 2.05) is 0 Å². The minimum atomic E-state index is -0.831. The van der Waals surface area contributed by atoms with Gasteiger partial charge in [-0.3, -0.25) is 9.59 Å². The molecule has 1 amide bonds. The highest BCUT2D eigenvalue weighted by Gasteiger charge is 2.59. The summed E-state index contributed by atoms with van der Waals surface area (Å²) in [5.74, 6) is 0.817. The highest BCUT2D eigenvalue weighted by atomic mass is 16.4. The topological polar surface area (TPSA) is 57.6 Å². The van der Waals surface area contributed by atoms with Gasteiger partial charge in [-0.05, 0) is 55.8 Å². The molecule has 20 heavy (non-hydrogen) atoms. The van der Waals surface area contributed by atoms with E-state index in [9.17, 15) is 9.59 Å². The normalized spacial score (nSPS) is 41.7. The molecule has 4 aliphatic carbocycles. The fourth-order valence-corrected chi connectivity index (χ4v) is 5.74. The van der Waals surface area contributed by atoms with E-state index in [-0.39, 0.29) is 17.7 Å². The Labute approximate surface area is 120 Å². The highest BCUT2D eigenvalue weighted by molar-refractivity contribution is 5.83. The average molecular weight is 279 g/mol. The van der Waals surface area contributed by atoms with Crippen LogP contribution in [0.3, 0.4) is 0 Å². The number of aliphatic carboxylic acids is 1. The molecule has 1 N–H and O–H groups in total. The van der Waals surface area contributed by atoms with E-state index in [0.29, 0.717) is 12.0 Å². The van der Waals surface area contributed by atoms with Gasteiger partial charge in [0, 0.05) is 13.6 Å².